The van der Waals surface area contributed by atoms with Gasteiger partial charge < -0.3 is 39.4 Å². The van der Waals surface area contributed by atoms with Crippen molar-refractivity contribution in [3.8, 4) is 0 Å². The van der Waals surface area contributed by atoms with Crippen LogP contribution in [-0.2, 0) is 28.5 Å². The first-order valence-corrected chi connectivity index (χ1v) is 20.8. The van der Waals surface area contributed by atoms with E-state index in [1.165, 1.54) is 89.9 Å². The van der Waals surface area contributed by atoms with E-state index in [-0.39, 0.29) is 32.0 Å². The SMILES string of the molecule is CCCCCC/C=C\CCCCCCCC(=O)OCC(CO[C@@H]1OC(CO)[C@H](O)C(O)C1O)OC(=O)CCCCCCCCCCCCCCC. The van der Waals surface area contributed by atoms with Crippen LogP contribution in [0.3, 0.4) is 0 Å². The molecule has 1 rings (SSSR count). The molecule has 0 aromatic heterocycles. The summed E-state index contributed by atoms with van der Waals surface area (Å²) in [6, 6.07) is 0. The Labute approximate surface area is 310 Å². The van der Waals surface area contributed by atoms with E-state index in [1.54, 1.807) is 0 Å². The van der Waals surface area contributed by atoms with Crippen LogP contribution >= 0.6 is 0 Å². The molecule has 10 nitrogen and oxygen atoms in total. The largest absolute Gasteiger partial charge is 0.462 e. The molecule has 4 N–H and O–H groups in total. The van der Waals surface area contributed by atoms with Crippen LogP contribution in [0.25, 0.3) is 0 Å². The van der Waals surface area contributed by atoms with Gasteiger partial charge in [0.2, 0.25) is 0 Å². The van der Waals surface area contributed by atoms with Gasteiger partial charge in [0, 0.05) is 12.8 Å². The van der Waals surface area contributed by atoms with Gasteiger partial charge in [0.15, 0.2) is 12.4 Å². The van der Waals surface area contributed by atoms with Crippen LogP contribution in [0.1, 0.15) is 181 Å². The minimum atomic E-state index is -1.59. The Morgan fingerprint density at radius 3 is 1.55 bits per heavy atom. The van der Waals surface area contributed by atoms with Crippen LogP contribution in [0.5, 0.6) is 0 Å². The highest BCUT2D eigenvalue weighted by Gasteiger charge is 2.44. The van der Waals surface area contributed by atoms with Crippen molar-refractivity contribution in [2.45, 2.75) is 218 Å². The second-order valence-corrected chi connectivity index (χ2v) is 14.4. The number of ether oxygens (including phenoxy) is 4. The van der Waals surface area contributed by atoms with Crippen LogP contribution < -0.4 is 0 Å². The summed E-state index contributed by atoms with van der Waals surface area (Å²) >= 11 is 0. The number of esters is 2. The van der Waals surface area contributed by atoms with Gasteiger partial charge in [-0.15, -0.1) is 0 Å². The second kappa shape index (κ2) is 33.0. The molecule has 6 atom stereocenters. The molecule has 0 amide bonds. The maximum atomic E-state index is 12.7. The highest BCUT2D eigenvalue weighted by molar-refractivity contribution is 5.70. The van der Waals surface area contributed by atoms with Gasteiger partial charge in [-0.3, -0.25) is 9.59 Å². The van der Waals surface area contributed by atoms with Gasteiger partial charge in [-0.25, -0.2) is 0 Å². The van der Waals surface area contributed by atoms with E-state index >= 15 is 0 Å². The Hall–Kier alpha value is -1.56. The first-order valence-electron chi connectivity index (χ1n) is 20.8. The maximum absolute atomic E-state index is 12.7. The van der Waals surface area contributed by atoms with Crippen molar-refractivity contribution in [3.63, 3.8) is 0 Å². The van der Waals surface area contributed by atoms with Gasteiger partial charge in [-0.05, 0) is 38.5 Å². The summed E-state index contributed by atoms with van der Waals surface area (Å²) in [7, 11) is 0. The van der Waals surface area contributed by atoms with E-state index in [0.717, 1.165) is 57.8 Å². The topological polar surface area (TPSA) is 152 Å². The first-order chi connectivity index (χ1) is 24.8. The molecule has 1 aliphatic rings. The maximum Gasteiger partial charge on any atom is 0.306 e. The molecule has 51 heavy (non-hydrogen) atoms. The zero-order chi connectivity index (χ0) is 37.4. The van der Waals surface area contributed by atoms with Crippen molar-refractivity contribution in [2.24, 2.45) is 0 Å². The molecule has 1 heterocycles. The van der Waals surface area contributed by atoms with E-state index in [1.807, 2.05) is 0 Å². The molecule has 0 aromatic rings. The summed E-state index contributed by atoms with van der Waals surface area (Å²) in [5.74, 6) is -0.811. The zero-order valence-corrected chi connectivity index (χ0v) is 32.4. The number of allylic oxidation sites excluding steroid dienone is 2. The standard InChI is InChI=1S/C41H76O10/c1-3-5-7-9-11-13-15-17-19-21-23-25-27-29-36(43)48-32-34(33-49-41-40(47)39(46)38(45)35(31-42)51-41)50-37(44)30-28-26-24-22-20-18-16-14-12-10-8-6-4-2/h13,15,34-35,38-42,45-47H,3-12,14,16-33H2,1-2H3/b15-13-/t34?,35?,38-,39?,40?,41+/m0/s1. The Bertz CT molecular complexity index is 850. The third-order valence-electron chi connectivity index (χ3n) is 9.65. The molecule has 1 aliphatic heterocycles. The van der Waals surface area contributed by atoms with Crippen LogP contribution in [-0.4, -0.2) is 89.0 Å². The molecule has 0 radical (unpaired) electrons. The molecule has 0 aromatic carbocycles. The smallest absolute Gasteiger partial charge is 0.306 e. The van der Waals surface area contributed by atoms with Crippen LogP contribution in [0.4, 0.5) is 0 Å². The van der Waals surface area contributed by atoms with E-state index in [2.05, 4.69) is 26.0 Å². The third-order valence-corrected chi connectivity index (χ3v) is 9.65. The molecular formula is C41H76O10. The lowest BCUT2D eigenvalue weighted by Gasteiger charge is -2.39. The number of rotatable bonds is 34. The van der Waals surface area contributed by atoms with Crippen molar-refractivity contribution in [2.75, 3.05) is 19.8 Å². The summed E-state index contributed by atoms with van der Waals surface area (Å²) in [6.45, 7) is 3.39. The first kappa shape index (κ1) is 47.5. The van der Waals surface area contributed by atoms with Gasteiger partial charge in [-0.1, -0.05) is 142 Å². The number of aliphatic hydroxyl groups excluding tert-OH is 4. The normalized spacial score (nSPS) is 21.3. The number of hydrogen-bond donors (Lipinski definition) is 4. The van der Waals surface area contributed by atoms with Crippen LogP contribution in [0.15, 0.2) is 12.2 Å². The fraction of sp³-hybridized carbons (Fsp3) is 0.902. The Morgan fingerprint density at radius 2 is 1.04 bits per heavy atom. The number of unbranched alkanes of at least 4 members (excludes halogenated alkanes) is 21. The fourth-order valence-corrected chi connectivity index (χ4v) is 6.30. The number of aliphatic hydroxyl groups is 4. The van der Waals surface area contributed by atoms with Gasteiger partial charge >= 0.3 is 11.9 Å². The summed E-state index contributed by atoms with van der Waals surface area (Å²) in [6.07, 6.45) is 25.0. The highest BCUT2D eigenvalue weighted by Crippen LogP contribution is 2.22. The molecule has 0 saturated carbocycles. The molecule has 1 fully saturated rings. The van der Waals surface area contributed by atoms with Crippen molar-refractivity contribution in [1.29, 1.82) is 0 Å². The van der Waals surface area contributed by atoms with E-state index in [4.69, 9.17) is 18.9 Å². The minimum Gasteiger partial charge on any atom is -0.462 e. The average Bonchev–Trinajstić information content (AvgIpc) is 3.13. The van der Waals surface area contributed by atoms with E-state index < -0.39 is 49.4 Å². The van der Waals surface area contributed by atoms with Crippen molar-refractivity contribution >= 4 is 11.9 Å². The van der Waals surface area contributed by atoms with E-state index in [0.29, 0.717) is 6.42 Å². The summed E-state index contributed by atoms with van der Waals surface area (Å²) in [5.41, 5.74) is 0. The van der Waals surface area contributed by atoms with Crippen LogP contribution in [0.2, 0.25) is 0 Å². The highest BCUT2D eigenvalue weighted by atomic mass is 16.7. The molecule has 1 saturated heterocycles. The average molecular weight is 729 g/mol. The predicted octanol–water partition coefficient (Wildman–Crippen LogP) is 8.00. The molecule has 0 aliphatic carbocycles. The third kappa shape index (κ3) is 25.2. The Balaban J connectivity index is 2.37. The lowest BCUT2D eigenvalue weighted by atomic mass is 9.99. The van der Waals surface area contributed by atoms with Gasteiger partial charge in [0.1, 0.15) is 31.0 Å². The molecule has 300 valence electrons. The van der Waals surface area contributed by atoms with Gasteiger partial charge in [0.25, 0.3) is 0 Å². The fourth-order valence-electron chi connectivity index (χ4n) is 6.30. The molecule has 4 unspecified atom stereocenters. The summed E-state index contributed by atoms with van der Waals surface area (Å²) in [4.78, 5) is 25.2. The van der Waals surface area contributed by atoms with Crippen molar-refractivity contribution in [3.05, 3.63) is 12.2 Å². The summed E-state index contributed by atoms with van der Waals surface area (Å²) < 4.78 is 22.1. The van der Waals surface area contributed by atoms with Gasteiger partial charge in [-0.2, -0.15) is 0 Å². The summed E-state index contributed by atoms with van der Waals surface area (Å²) in [5, 5.41) is 39.9. The monoisotopic (exact) mass is 729 g/mol. The van der Waals surface area contributed by atoms with Crippen molar-refractivity contribution < 1.29 is 49.0 Å². The quantitative estimate of drug-likeness (QED) is 0.0291. The Kier molecular flexibility index (Phi) is 30.7. The lowest BCUT2D eigenvalue weighted by Crippen LogP contribution is -2.59. The number of hydrogen-bond acceptors (Lipinski definition) is 10. The molecule has 0 bridgehead atoms. The Morgan fingerprint density at radius 1 is 0.588 bits per heavy atom. The van der Waals surface area contributed by atoms with Crippen LogP contribution in [0, 0.1) is 0 Å². The second-order valence-electron chi connectivity index (χ2n) is 14.4. The molecular weight excluding hydrogens is 652 g/mol. The lowest BCUT2D eigenvalue weighted by molar-refractivity contribution is -0.305. The van der Waals surface area contributed by atoms with Gasteiger partial charge in [0.05, 0.1) is 13.2 Å². The minimum absolute atomic E-state index is 0.217. The zero-order valence-electron chi connectivity index (χ0n) is 32.4. The number of carbonyl (C=O) groups excluding carboxylic acids is 2. The predicted molar refractivity (Wildman–Crippen MR) is 201 cm³/mol. The van der Waals surface area contributed by atoms with Crippen molar-refractivity contribution in [1.82, 2.24) is 0 Å². The number of carbonyl (C=O) groups is 2. The van der Waals surface area contributed by atoms with E-state index in [9.17, 15) is 30.0 Å². The molecule has 10 heteroatoms. The molecule has 0 spiro atoms.